The van der Waals surface area contributed by atoms with E-state index in [0.29, 0.717) is 28.2 Å². The number of carbonyl (C=O) groups excluding carboxylic acids is 1. The number of carbonyl (C=O) groups is 1. The number of phenolic OH excluding ortho intramolecular Hbond substituents is 1. The Balaban J connectivity index is 0.00000272. The van der Waals surface area contributed by atoms with Crippen molar-refractivity contribution >= 4 is 5.91 Å². The number of benzene rings is 2. The standard InChI is InChI=1S/C22H19N5O3.H2/c1-13-19(21-26-25-20(30-21)16-6-4-5-7-18(16)28)24-17(12-23-13)14-8-10-15(11-9-14)22(29)27(2)3;/h4-12,28H,1-3H3;1H. The molecule has 0 bridgehead atoms. The molecular formula is C22H21N5O3. The lowest BCUT2D eigenvalue weighted by Crippen LogP contribution is -2.21. The van der Waals surface area contributed by atoms with Crippen molar-refractivity contribution in [3.8, 4) is 40.0 Å². The molecule has 1 N–H and O–H groups in total. The molecule has 4 rings (SSSR count). The van der Waals surface area contributed by atoms with Crippen LogP contribution in [0.3, 0.4) is 0 Å². The van der Waals surface area contributed by atoms with Crippen molar-refractivity contribution in [2.75, 3.05) is 14.1 Å². The Morgan fingerprint density at radius 1 is 1.03 bits per heavy atom. The van der Waals surface area contributed by atoms with Crippen molar-refractivity contribution in [2.24, 2.45) is 0 Å². The van der Waals surface area contributed by atoms with E-state index in [1.54, 1.807) is 63.6 Å². The van der Waals surface area contributed by atoms with Crippen LogP contribution in [0.1, 0.15) is 17.5 Å². The predicted octanol–water partition coefficient (Wildman–Crippen LogP) is 3.82. The van der Waals surface area contributed by atoms with Gasteiger partial charge in [0.05, 0.1) is 23.1 Å². The number of phenols is 1. The van der Waals surface area contributed by atoms with Gasteiger partial charge in [0.2, 0.25) is 0 Å². The summed E-state index contributed by atoms with van der Waals surface area (Å²) >= 11 is 0. The number of aromatic nitrogens is 4. The summed E-state index contributed by atoms with van der Waals surface area (Å²) in [5.74, 6) is 0.386. The maximum Gasteiger partial charge on any atom is 0.268 e. The molecule has 0 spiro atoms. The van der Waals surface area contributed by atoms with E-state index in [9.17, 15) is 9.90 Å². The molecule has 0 unspecified atom stereocenters. The van der Waals surface area contributed by atoms with Gasteiger partial charge in [-0.25, -0.2) is 4.98 Å². The monoisotopic (exact) mass is 403 g/mol. The van der Waals surface area contributed by atoms with Crippen molar-refractivity contribution in [2.45, 2.75) is 6.92 Å². The molecule has 1 amide bonds. The Labute approximate surface area is 174 Å². The zero-order chi connectivity index (χ0) is 21.3. The second kappa shape index (κ2) is 7.75. The summed E-state index contributed by atoms with van der Waals surface area (Å²) in [7, 11) is 3.42. The molecule has 0 atom stereocenters. The molecule has 0 aliphatic heterocycles. The van der Waals surface area contributed by atoms with Crippen LogP contribution in [0, 0.1) is 6.92 Å². The third-order valence-electron chi connectivity index (χ3n) is 4.55. The van der Waals surface area contributed by atoms with E-state index in [0.717, 1.165) is 5.56 Å². The SMILES string of the molecule is Cc1ncc(-c2ccc(C(=O)N(C)C)cc2)nc1-c1nnc(-c2ccccc2O)o1.[HH]. The van der Waals surface area contributed by atoms with Crippen LogP contribution < -0.4 is 0 Å². The van der Waals surface area contributed by atoms with Gasteiger partial charge in [-0.3, -0.25) is 9.78 Å². The number of aryl methyl sites for hydroxylation is 1. The maximum atomic E-state index is 12.1. The Morgan fingerprint density at radius 3 is 2.43 bits per heavy atom. The molecule has 2 aromatic carbocycles. The maximum absolute atomic E-state index is 12.1. The predicted molar refractivity (Wildman–Crippen MR) is 113 cm³/mol. The number of hydrogen-bond donors (Lipinski definition) is 1. The summed E-state index contributed by atoms with van der Waals surface area (Å²) in [6, 6.07) is 13.9. The summed E-state index contributed by atoms with van der Waals surface area (Å²) in [6.45, 7) is 1.80. The zero-order valence-corrected chi connectivity index (χ0v) is 16.7. The van der Waals surface area contributed by atoms with E-state index in [-0.39, 0.29) is 24.9 Å². The number of aromatic hydroxyl groups is 1. The van der Waals surface area contributed by atoms with Gasteiger partial charge in [-0.15, -0.1) is 10.2 Å². The van der Waals surface area contributed by atoms with Gasteiger partial charge in [0.15, 0.2) is 0 Å². The van der Waals surface area contributed by atoms with Crippen LogP contribution in [0.25, 0.3) is 34.3 Å². The Bertz CT molecular complexity index is 1220. The molecule has 152 valence electrons. The smallest absolute Gasteiger partial charge is 0.268 e. The van der Waals surface area contributed by atoms with Crippen molar-refractivity contribution in [3.63, 3.8) is 0 Å². The molecule has 0 fully saturated rings. The van der Waals surface area contributed by atoms with Crippen LogP contribution in [0.2, 0.25) is 0 Å². The number of hydrogen-bond acceptors (Lipinski definition) is 7. The van der Waals surface area contributed by atoms with Gasteiger partial charge in [-0.2, -0.15) is 0 Å². The molecule has 2 aromatic heterocycles. The molecule has 0 saturated carbocycles. The highest BCUT2D eigenvalue weighted by Gasteiger charge is 2.18. The number of amides is 1. The third kappa shape index (κ3) is 3.62. The molecule has 8 heteroatoms. The van der Waals surface area contributed by atoms with Crippen LogP contribution in [-0.4, -0.2) is 50.2 Å². The molecule has 0 radical (unpaired) electrons. The molecule has 30 heavy (non-hydrogen) atoms. The van der Waals surface area contributed by atoms with E-state index in [1.807, 2.05) is 12.1 Å². The first-order valence-corrected chi connectivity index (χ1v) is 9.22. The van der Waals surface area contributed by atoms with Gasteiger partial charge >= 0.3 is 0 Å². The molecule has 0 aliphatic carbocycles. The van der Waals surface area contributed by atoms with Crippen molar-refractivity contribution < 1.29 is 15.7 Å². The highest BCUT2D eigenvalue weighted by Crippen LogP contribution is 2.30. The van der Waals surface area contributed by atoms with Gasteiger partial charge in [-0.05, 0) is 31.2 Å². The lowest BCUT2D eigenvalue weighted by Gasteiger charge is -2.10. The van der Waals surface area contributed by atoms with Crippen LogP contribution in [-0.2, 0) is 0 Å². The molecule has 0 aliphatic rings. The first kappa shape index (κ1) is 19.3. The highest BCUT2D eigenvalue weighted by molar-refractivity contribution is 5.94. The summed E-state index contributed by atoms with van der Waals surface area (Å²) in [5.41, 5.74) is 3.54. The van der Waals surface area contributed by atoms with Gasteiger partial charge in [0, 0.05) is 26.6 Å². The topological polar surface area (TPSA) is 105 Å². The largest absolute Gasteiger partial charge is 0.507 e. The number of nitrogens with zero attached hydrogens (tertiary/aromatic N) is 5. The first-order chi connectivity index (χ1) is 14.4. The minimum absolute atomic E-state index is 0. The van der Waals surface area contributed by atoms with Crippen LogP contribution >= 0.6 is 0 Å². The summed E-state index contributed by atoms with van der Waals surface area (Å²) in [6.07, 6.45) is 1.65. The van der Waals surface area contributed by atoms with E-state index < -0.39 is 0 Å². The molecular weight excluding hydrogens is 382 g/mol. The third-order valence-corrected chi connectivity index (χ3v) is 4.55. The minimum atomic E-state index is -0.0696. The average Bonchev–Trinajstić information content (AvgIpc) is 3.23. The Kier molecular flexibility index (Phi) is 4.97. The molecule has 2 heterocycles. The lowest BCUT2D eigenvalue weighted by molar-refractivity contribution is 0.0827. The van der Waals surface area contributed by atoms with E-state index in [2.05, 4.69) is 20.2 Å². The molecule has 8 nitrogen and oxygen atoms in total. The normalized spacial score (nSPS) is 10.8. The zero-order valence-electron chi connectivity index (χ0n) is 16.7. The van der Waals surface area contributed by atoms with E-state index >= 15 is 0 Å². The fourth-order valence-corrected chi connectivity index (χ4v) is 2.92. The van der Waals surface area contributed by atoms with Crippen molar-refractivity contribution in [3.05, 3.63) is 66.0 Å². The minimum Gasteiger partial charge on any atom is -0.507 e. The quantitative estimate of drug-likeness (QED) is 0.552. The summed E-state index contributed by atoms with van der Waals surface area (Å²) < 4.78 is 5.75. The van der Waals surface area contributed by atoms with Crippen LogP contribution in [0.4, 0.5) is 0 Å². The fourth-order valence-electron chi connectivity index (χ4n) is 2.92. The summed E-state index contributed by atoms with van der Waals surface area (Å²) in [4.78, 5) is 22.6. The average molecular weight is 403 g/mol. The van der Waals surface area contributed by atoms with E-state index in [4.69, 9.17) is 4.42 Å². The second-order valence-electron chi connectivity index (χ2n) is 6.90. The van der Waals surface area contributed by atoms with Gasteiger partial charge in [0.25, 0.3) is 17.7 Å². The summed E-state index contributed by atoms with van der Waals surface area (Å²) in [5, 5.41) is 18.1. The van der Waals surface area contributed by atoms with Crippen molar-refractivity contribution in [1.29, 1.82) is 0 Å². The number of para-hydroxylation sites is 1. The van der Waals surface area contributed by atoms with Gasteiger partial charge < -0.3 is 14.4 Å². The highest BCUT2D eigenvalue weighted by atomic mass is 16.4. The second-order valence-corrected chi connectivity index (χ2v) is 6.90. The Hall–Kier alpha value is -4.07. The fraction of sp³-hybridized carbons (Fsp3) is 0.136. The van der Waals surface area contributed by atoms with Gasteiger partial charge in [-0.1, -0.05) is 24.3 Å². The van der Waals surface area contributed by atoms with Gasteiger partial charge in [0.1, 0.15) is 11.4 Å². The Morgan fingerprint density at radius 2 is 1.73 bits per heavy atom. The molecule has 4 aromatic rings. The lowest BCUT2D eigenvalue weighted by atomic mass is 10.1. The van der Waals surface area contributed by atoms with Crippen LogP contribution in [0.15, 0.2) is 59.1 Å². The first-order valence-electron chi connectivity index (χ1n) is 9.22. The van der Waals surface area contributed by atoms with Crippen LogP contribution in [0.5, 0.6) is 5.75 Å². The van der Waals surface area contributed by atoms with Crippen molar-refractivity contribution in [1.82, 2.24) is 25.1 Å². The number of rotatable bonds is 4. The van der Waals surface area contributed by atoms with E-state index in [1.165, 1.54) is 4.90 Å². The molecule has 0 saturated heterocycles.